The predicted octanol–water partition coefficient (Wildman–Crippen LogP) is 5.43. The first-order valence-corrected chi connectivity index (χ1v) is 15.3. The van der Waals surface area contributed by atoms with E-state index in [1.54, 1.807) is 18.2 Å². The van der Waals surface area contributed by atoms with Gasteiger partial charge in [-0.2, -0.15) is 0 Å². The van der Waals surface area contributed by atoms with Gasteiger partial charge in [-0.25, -0.2) is 0 Å². The van der Waals surface area contributed by atoms with Crippen molar-refractivity contribution >= 4 is 23.4 Å². The van der Waals surface area contributed by atoms with Crippen molar-refractivity contribution in [2.24, 2.45) is 0 Å². The molecular weight excluding hydrogens is 570 g/mol. The molecule has 4 aromatic rings. The molecule has 2 N–H and O–H groups in total. The summed E-state index contributed by atoms with van der Waals surface area (Å²) in [4.78, 5) is 40.2. The van der Waals surface area contributed by atoms with Crippen molar-refractivity contribution < 1.29 is 28.6 Å². The predicted molar refractivity (Wildman–Crippen MR) is 168 cm³/mol. The van der Waals surface area contributed by atoms with Crippen molar-refractivity contribution in [1.29, 1.82) is 0 Å². The van der Waals surface area contributed by atoms with Crippen LogP contribution in [0.25, 0.3) is 0 Å². The van der Waals surface area contributed by atoms with Gasteiger partial charge in [-0.1, -0.05) is 30.3 Å². The number of carbonyl (C=O) groups excluding carboxylic acids is 3. The molecule has 4 aromatic carbocycles. The number of nitrogens with one attached hydrogen (secondary N) is 2. The van der Waals surface area contributed by atoms with E-state index in [2.05, 4.69) is 16.7 Å². The fraction of sp³-hybridized carbons (Fsp3) is 0.250. The fourth-order valence-electron chi connectivity index (χ4n) is 6.09. The van der Waals surface area contributed by atoms with Crippen LogP contribution >= 0.6 is 0 Å². The molecule has 0 spiro atoms. The molecule has 0 aromatic heterocycles. The Labute approximate surface area is 261 Å². The highest BCUT2D eigenvalue weighted by Crippen LogP contribution is 2.40. The minimum Gasteiger partial charge on any atom is -0.494 e. The topological polar surface area (TPSA) is 106 Å². The molecule has 45 heavy (non-hydrogen) atoms. The maximum absolute atomic E-state index is 14.2. The molecule has 1 unspecified atom stereocenters. The van der Waals surface area contributed by atoms with E-state index in [4.69, 9.17) is 14.2 Å². The van der Waals surface area contributed by atoms with Crippen molar-refractivity contribution in [1.82, 2.24) is 10.2 Å². The number of ether oxygens (including phenoxy) is 3. The fourth-order valence-corrected chi connectivity index (χ4v) is 6.09. The van der Waals surface area contributed by atoms with E-state index in [9.17, 15) is 14.4 Å². The van der Waals surface area contributed by atoms with Crippen LogP contribution in [0.15, 0.2) is 84.9 Å². The molecule has 9 heteroatoms. The van der Waals surface area contributed by atoms with E-state index in [1.165, 1.54) is 0 Å². The molecule has 3 amide bonds. The summed E-state index contributed by atoms with van der Waals surface area (Å²) in [5.41, 5.74) is 5.15. The molecule has 0 fully saturated rings. The molecule has 0 aliphatic carbocycles. The Morgan fingerprint density at radius 2 is 1.67 bits per heavy atom. The first kappa shape index (κ1) is 28.5. The van der Waals surface area contributed by atoms with Crippen LogP contribution in [0, 0.1) is 0 Å². The number of anilines is 1. The highest BCUT2D eigenvalue weighted by molar-refractivity contribution is 5.99. The van der Waals surface area contributed by atoms with Gasteiger partial charge >= 0.3 is 0 Å². The zero-order valence-corrected chi connectivity index (χ0v) is 24.7. The zero-order valence-electron chi connectivity index (χ0n) is 24.7. The lowest BCUT2D eigenvalue weighted by Gasteiger charge is -2.38. The van der Waals surface area contributed by atoms with Gasteiger partial charge in [0.1, 0.15) is 23.0 Å². The normalized spacial score (nSPS) is 17.9. The average Bonchev–Trinajstić information content (AvgIpc) is 3.06. The average molecular weight is 604 g/mol. The summed E-state index contributed by atoms with van der Waals surface area (Å²) < 4.78 is 17.9. The quantitative estimate of drug-likeness (QED) is 0.301. The Morgan fingerprint density at radius 3 is 2.56 bits per heavy atom. The molecule has 5 aliphatic rings. The first-order valence-electron chi connectivity index (χ1n) is 15.3. The number of amides is 3. The van der Waals surface area contributed by atoms with Crippen LogP contribution in [0.4, 0.5) is 5.69 Å². The number of hydrogen-bond donors (Lipinski definition) is 2. The van der Waals surface area contributed by atoms with E-state index in [0.29, 0.717) is 73.9 Å². The second kappa shape index (κ2) is 12.4. The Bertz CT molecular complexity index is 1770. The molecule has 9 rings (SSSR count). The molecule has 0 radical (unpaired) electrons. The lowest BCUT2D eigenvalue weighted by atomic mass is 9.87. The van der Waals surface area contributed by atoms with Gasteiger partial charge < -0.3 is 29.7 Å². The third-order valence-corrected chi connectivity index (χ3v) is 8.35. The van der Waals surface area contributed by atoms with Crippen LogP contribution in [0.3, 0.4) is 0 Å². The van der Waals surface area contributed by atoms with E-state index in [1.807, 2.05) is 65.6 Å². The van der Waals surface area contributed by atoms with Crippen LogP contribution in [0.2, 0.25) is 0 Å². The molecule has 1 atom stereocenters. The number of carbonyl (C=O) groups is 3. The smallest absolute Gasteiger partial charge is 0.262 e. The number of aryl methyl sites for hydroxylation is 1. The van der Waals surface area contributed by atoms with E-state index in [0.717, 1.165) is 28.0 Å². The highest BCUT2D eigenvalue weighted by Gasteiger charge is 2.34. The van der Waals surface area contributed by atoms with Crippen LogP contribution in [0.5, 0.6) is 23.0 Å². The van der Waals surface area contributed by atoms with E-state index in [-0.39, 0.29) is 30.4 Å². The summed E-state index contributed by atoms with van der Waals surface area (Å²) in [7, 11) is 0. The van der Waals surface area contributed by atoms with Crippen LogP contribution in [0.1, 0.15) is 51.5 Å². The summed E-state index contributed by atoms with van der Waals surface area (Å²) in [5, 5.41) is 5.76. The highest BCUT2D eigenvalue weighted by atomic mass is 16.5. The van der Waals surface area contributed by atoms with Crippen molar-refractivity contribution in [2.45, 2.75) is 31.7 Å². The Balaban J connectivity index is 1.24. The van der Waals surface area contributed by atoms with Gasteiger partial charge in [0.15, 0.2) is 6.61 Å². The number of rotatable bonds is 1. The standard InChI is InChI=1S/C36H33N3O6/c40-33-14-7-23-5-9-27(10-6-23)45-29-11-12-30-24(19-29)15-17-39(35(30)25-3-1-4-28(20-25)43-18-2-16-37-33)36(42)26-8-13-31-32(21-26)44-22-34(41)38-31/h1,3-6,8-13,19-21,35H,2,7,14-18,22H2,(H,37,40)(H,38,41). The van der Waals surface area contributed by atoms with Gasteiger partial charge in [-0.05, 0) is 96.1 Å². The summed E-state index contributed by atoms with van der Waals surface area (Å²) in [6.07, 6.45) is 2.39. The lowest BCUT2D eigenvalue weighted by molar-refractivity contribution is -0.121. The minimum atomic E-state index is -0.372. The second-order valence-electron chi connectivity index (χ2n) is 11.4. The van der Waals surface area contributed by atoms with Crippen molar-refractivity contribution in [3.63, 3.8) is 0 Å². The molecule has 0 saturated heterocycles. The molecule has 5 aliphatic heterocycles. The molecule has 8 bridgehead atoms. The molecular formula is C36H33N3O6. The summed E-state index contributed by atoms with van der Waals surface area (Å²) in [5.74, 6) is 2.26. The Hall–Kier alpha value is -5.31. The third-order valence-electron chi connectivity index (χ3n) is 8.35. The number of benzene rings is 4. The van der Waals surface area contributed by atoms with Crippen LogP contribution in [-0.2, 0) is 22.4 Å². The lowest BCUT2D eigenvalue weighted by Crippen LogP contribution is -2.40. The van der Waals surface area contributed by atoms with Gasteiger partial charge in [-0.3, -0.25) is 14.4 Å². The second-order valence-corrected chi connectivity index (χ2v) is 11.4. The maximum Gasteiger partial charge on any atom is 0.262 e. The summed E-state index contributed by atoms with van der Waals surface area (Å²) in [6.45, 7) is 1.38. The van der Waals surface area contributed by atoms with Crippen LogP contribution in [-0.4, -0.2) is 48.9 Å². The monoisotopic (exact) mass is 603 g/mol. The Kier molecular flexibility index (Phi) is 7.82. The molecule has 0 saturated carbocycles. The van der Waals surface area contributed by atoms with Gasteiger partial charge in [0, 0.05) is 25.1 Å². The largest absolute Gasteiger partial charge is 0.494 e. The van der Waals surface area contributed by atoms with Crippen molar-refractivity contribution in [3.8, 4) is 23.0 Å². The van der Waals surface area contributed by atoms with Gasteiger partial charge in [-0.15, -0.1) is 0 Å². The number of hydrogen-bond acceptors (Lipinski definition) is 6. The molecule has 228 valence electrons. The third kappa shape index (κ3) is 6.20. The number of nitrogens with zero attached hydrogens (tertiary/aromatic N) is 1. The van der Waals surface area contributed by atoms with E-state index >= 15 is 0 Å². The van der Waals surface area contributed by atoms with Crippen LogP contribution < -0.4 is 24.8 Å². The van der Waals surface area contributed by atoms with E-state index < -0.39 is 0 Å². The Morgan fingerprint density at radius 1 is 0.800 bits per heavy atom. The minimum absolute atomic E-state index is 0.0110. The summed E-state index contributed by atoms with van der Waals surface area (Å²) >= 11 is 0. The van der Waals surface area contributed by atoms with Crippen molar-refractivity contribution in [3.05, 3.63) is 113 Å². The summed E-state index contributed by atoms with van der Waals surface area (Å²) in [6, 6.07) is 26.5. The van der Waals surface area contributed by atoms with Crippen molar-refractivity contribution in [2.75, 3.05) is 31.6 Å². The SMILES string of the molecule is O=C1CCc2ccc(cc2)Oc2ccc3c(c2)CCN(C(=O)c2ccc4c(c2)OCC(=O)N4)C3c2cccc(c2)OCCCN1. The molecule has 9 nitrogen and oxygen atoms in total. The van der Waals surface area contributed by atoms with Gasteiger partial charge in [0.2, 0.25) is 5.91 Å². The first-order chi connectivity index (χ1) is 22.0. The van der Waals surface area contributed by atoms with Gasteiger partial charge in [0.25, 0.3) is 11.8 Å². The zero-order chi connectivity index (χ0) is 30.8. The molecule has 5 heterocycles. The van der Waals surface area contributed by atoms with Gasteiger partial charge in [0.05, 0.1) is 18.3 Å². The number of fused-ring (bicyclic) bond motifs is 2. The maximum atomic E-state index is 14.2.